The smallest absolute Gasteiger partial charge is 0.244 e. The number of Topliss-reactive ketones (excluding diaryl/α,β-unsaturated/α-hetero) is 1. The molecular weight excluding hydrogens is 402 g/mol. The molecule has 6 heteroatoms. The van der Waals surface area contributed by atoms with Crippen LogP contribution in [0.5, 0.6) is 0 Å². The largest absolute Gasteiger partial charge is 0.294 e. The van der Waals surface area contributed by atoms with Crippen molar-refractivity contribution in [2.24, 2.45) is 0 Å². The number of rotatable bonds is 8. The fourth-order valence-electron chi connectivity index (χ4n) is 2.62. The van der Waals surface area contributed by atoms with Gasteiger partial charge in [-0.2, -0.15) is 4.31 Å². The van der Waals surface area contributed by atoms with Gasteiger partial charge in [0.15, 0.2) is 5.78 Å². The van der Waals surface area contributed by atoms with E-state index in [0.29, 0.717) is 36.0 Å². The Kier molecular flexibility index (Phi) is 6.93. The maximum absolute atomic E-state index is 12.8. The zero-order chi connectivity index (χ0) is 18.4. The van der Waals surface area contributed by atoms with E-state index in [4.69, 9.17) is 0 Å². The lowest BCUT2D eigenvalue weighted by molar-refractivity contribution is 0.0982. The summed E-state index contributed by atoms with van der Waals surface area (Å²) >= 11 is 3.30. The van der Waals surface area contributed by atoms with Gasteiger partial charge in [0.1, 0.15) is 0 Å². The average Bonchev–Trinajstić information content (AvgIpc) is 2.61. The van der Waals surface area contributed by atoms with Crippen molar-refractivity contribution in [3.05, 3.63) is 64.1 Å². The Bertz CT molecular complexity index is 831. The number of halogens is 1. The molecule has 0 aliphatic heterocycles. The molecule has 0 N–H and O–H groups in total. The Balaban J connectivity index is 2.24. The first-order valence-corrected chi connectivity index (χ1v) is 10.5. The van der Waals surface area contributed by atoms with Crippen LogP contribution in [0.25, 0.3) is 0 Å². The second-order valence-corrected chi connectivity index (χ2v) is 8.40. The molecule has 0 radical (unpaired) electrons. The predicted octanol–water partition coefficient (Wildman–Crippen LogP) is 4.30. The SMILES string of the molecule is CCN(CC)S(=O)(=O)c1cc(C(=O)CCc2ccccc2)ccc1Br. The van der Waals surface area contributed by atoms with Crippen molar-refractivity contribution < 1.29 is 13.2 Å². The number of carbonyl (C=O) groups is 1. The van der Waals surface area contributed by atoms with Crippen LogP contribution >= 0.6 is 15.9 Å². The van der Waals surface area contributed by atoms with Gasteiger partial charge in [-0.3, -0.25) is 4.79 Å². The second-order valence-electron chi connectivity index (χ2n) is 5.64. The van der Waals surface area contributed by atoms with Gasteiger partial charge in [0, 0.05) is 29.5 Å². The zero-order valence-corrected chi connectivity index (χ0v) is 16.8. The van der Waals surface area contributed by atoms with Gasteiger partial charge < -0.3 is 0 Å². The molecule has 0 heterocycles. The van der Waals surface area contributed by atoms with Crippen LogP contribution < -0.4 is 0 Å². The highest BCUT2D eigenvalue weighted by atomic mass is 79.9. The molecule has 0 aliphatic rings. The number of aryl methyl sites for hydroxylation is 1. The zero-order valence-electron chi connectivity index (χ0n) is 14.4. The van der Waals surface area contributed by atoms with Crippen LogP contribution in [0.3, 0.4) is 0 Å². The number of carbonyl (C=O) groups excluding carboxylic acids is 1. The minimum absolute atomic E-state index is 0.0626. The molecule has 0 atom stereocenters. The van der Waals surface area contributed by atoms with Gasteiger partial charge in [-0.1, -0.05) is 50.2 Å². The molecular formula is C19H22BrNO3S. The van der Waals surface area contributed by atoms with E-state index in [0.717, 1.165) is 5.56 Å². The second kappa shape index (κ2) is 8.74. The minimum atomic E-state index is -3.62. The lowest BCUT2D eigenvalue weighted by Crippen LogP contribution is -2.31. The van der Waals surface area contributed by atoms with E-state index < -0.39 is 10.0 Å². The van der Waals surface area contributed by atoms with E-state index in [-0.39, 0.29) is 10.7 Å². The van der Waals surface area contributed by atoms with E-state index in [1.165, 1.54) is 10.4 Å². The fourth-order valence-corrected chi connectivity index (χ4v) is 5.03. The Hall–Kier alpha value is -1.50. The highest BCUT2D eigenvalue weighted by Gasteiger charge is 2.25. The summed E-state index contributed by atoms with van der Waals surface area (Å²) in [6.45, 7) is 4.36. The third-order valence-corrected chi connectivity index (χ3v) is 7.10. The van der Waals surface area contributed by atoms with Crippen molar-refractivity contribution >= 4 is 31.7 Å². The molecule has 2 rings (SSSR count). The Morgan fingerprint density at radius 1 is 1.04 bits per heavy atom. The fraction of sp³-hybridized carbons (Fsp3) is 0.316. The van der Waals surface area contributed by atoms with Crippen LogP contribution in [-0.4, -0.2) is 31.6 Å². The van der Waals surface area contributed by atoms with Crippen LogP contribution in [0, 0.1) is 0 Å². The topological polar surface area (TPSA) is 54.5 Å². The number of benzene rings is 2. The number of hydrogen-bond donors (Lipinski definition) is 0. The highest BCUT2D eigenvalue weighted by molar-refractivity contribution is 9.10. The minimum Gasteiger partial charge on any atom is -0.294 e. The average molecular weight is 424 g/mol. The first kappa shape index (κ1) is 19.8. The summed E-state index contributed by atoms with van der Waals surface area (Å²) < 4.78 is 27.4. The van der Waals surface area contributed by atoms with Crippen molar-refractivity contribution in [3.8, 4) is 0 Å². The molecule has 0 spiro atoms. The summed E-state index contributed by atoms with van der Waals surface area (Å²) in [5, 5.41) is 0. The highest BCUT2D eigenvalue weighted by Crippen LogP contribution is 2.27. The summed E-state index contributed by atoms with van der Waals surface area (Å²) in [7, 11) is -3.62. The van der Waals surface area contributed by atoms with Gasteiger partial charge >= 0.3 is 0 Å². The Labute approximate surface area is 158 Å². The summed E-state index contributed by atoms with van der Waals surface area (Å²) in [6.07, 6.45) is 0.976. The normalized spacial score (nSPS) is 11.7. The Morgan fingerprint density at radius 2 is 1.68 bits per heavy atom. The molecule has 4 nitrogen and oxygen atoms in total. The van der Waals surface area contributed by atoms with Crippen molar-refractivity contribution in [2.45, 2.75) is 31.6 Å². The lowest BCUT2D eigenvalue weighted by atomic mass is 10.0. The van der Waals surface area contributed by atoms with Crippen molar-refractivity contribution in [2.75, 3.05) is 13.1 Å². The van der Waals surface area contributed by atoms with Crippen LogP contribution in [0.1, 0.15) is 36.2 Å². The molecule has 0 saturated heterocycles. The third kappa shape index (κ3) is 4.77. The first-order chi connectivity index (χ1) is 11.9. The van der Waals surface area contributed by atoms with Crippen LogP contribution in [0.15, 0.2) is 57.9 Å². The molecule has 2 aromatic carbocycles. The third-order valence-electron chi connectivity index (χ3n) is 4.06. The van der Waals surface area contributed by atoms with Gasteiger partial charge in [0.05, 0.1) is 4.90 Å². The number of sulfonamides is 1. The summed E-state index contributed by atoms with van der Waals surface area (Å²) in [5.41, 5.74) is 1.51. The van der Waals surface area contributed by atoms with Gasteiger partial charge in [0.25, 0.3) is 0 Å². The number of hydrogen-bond acceptors (Lipinski definition) is 3. The van der Waals surface area contributed by atoms with E-state index in [1.807, 2.05) is 30.3 Å². The molecule has 134 valence electrons. The number of ketones is 1. The van der Waals surface area contributed by atoms with E-state index in [1.54, 1.807) is 26.0 Å². The van der Waals surface area contributed by atoms with Gasteiger partial charge in [0.2, 0.25) is 10.0 Å². The molecule has 0 amide bonds. The van der Waals surface area contributed by atoms with Crippen molar-refractivity contribution in [1.29, 1.82) is 0 Å². The standard InChI is InChI=1S/C19H22BrNO3S/c1-3-21(4-2)25(23,24)19-14-16(11-12-17(19)20)18(22)13-10-15-8-6-5-7-9-15/h5-9,11-12,14H,3-4,10,13H2,1-2H3. The molecule has 0 bridgehead atoms. The van der Waals surface area contributed by atoms with Crippen LogP contribution in [0.2, 0.25) is 0 Å². The van der Waals surface area contributed by atoms with Crippen LogP contribution in [-0.2, 0) is 16.4 Å². The first-order valence-electron chi connectivity index (χ1n) is 8.27. The van der Waals surface area contributed by atoms with E-state index >= 15 is 0 Å². The van der Waals surface area contributed by atoms with E-state index in [9.17, 15) is 13.2 Å². The molecule has 0 fully saturated rings. The maximum Gasteiger partial charge on any atom is 0.244 e. The maximum atomic E-state index is 12.8. The molecule has 0 saturated carbocycles. The van der Waals surface area contributed by atoms with Crippen molar-refractivity contribution in [1.82, 2.24) is 4.31 Å². The quantitative estimate of drug-likeness (QED) is 0.594. The van der Waals surface area contributed by atoms with E-state index in [2.05, 4.69) is 15.9 Å². The lowest BCUT2D eigenvalue weighted by Gasteiger charge is -2.19. The van der Waals surface area contributed by atoms with Gasteiger partial charge in [-0.15, -0.1) is 0 Å². The molecule has 0 unspecified atom stereocenters. The molecule has 0 aromatic heterocycles. The van der Waals surface area contributed by atoms with Crippen molar-refractivity contribution in [3.63, 3.8) is 0 Å². The monoisotopic (exact) mass is 423 g/mol. The van der Waals surface area contributed by atoms with Gasteiger partial charge in [-0.25, -0.2) is 8.42 Å². The Morgan fingerprint density at radius 3 is 2.28 bits per heavy atom. The molecule has 0 aliphatic carbocycles. The number of nitrogens with zero attached hydrogens (tertiary/aromatic N) is 1. The summed E-state index contributed by atoms with van der Waals surface area (Å²) in [4.78, 5) is 12.6. The van der Waals surface area contributed by atoms with Gasteiger partial charge in [-0.05, 0) is 40.0 Å². The summed E-state index contributed by atoms with van der Waals surface area (Å²) in [6, 6.07) is 14.5. The molecule has 25 heavy (non-hydrogen) atoms. The predicted molar refractivity (Wildman–Crippen MR) is 103 cm³/mol. The molecule has 2 aromatic rings. The summed E-state index contributed by atoms with van der Waals surface area (Å²) in [5.74, 6) is -0.0626. The van der Waals surface area contributed by atoms with Crippen LogP contribution in [0.4, 0.5) is 0 Å².